The van der Waals surface area contributed by atoms with Crippen LogP contribution in [0.15, 0.2) is 30.3 Å². The first-order chi connectivity index (χ1) is 28.0. The molecule has 0 fully saturated rings. The second-order valence-corrected chi connectivity index (χ2v) is 13.0. The summed E-state index contributed by atoms with van der Waals surface area (Å²) >= 11 is 0. The summed E-state index contributed by atoms with van der Waals surface area (Å²) in [5.41, 5.74) is -12.0. The van der Waals surface area contributed by atoms with Crippen LogP contribution in [0.5, 0.6) is 5.75 Å². The van der Waals surface area contributed by atoms with Crippen LogP contribution < -0.4 is 0 Å². The molecular formula is C29H6F34O2. The molecule has 0 heterocycles. The summed E-state index contributed by atoms with van der Waals surface area (Å²) in [6.45, 7) is 0. The number of aromatic hydroxyl groups is 1. The molecule has 0 amide bonds. The molecule has 1 aliphatic carbocycles. The Morgan fingerprint density at radius 2 is 0.631 bits per heavy atom. The van der Waals surface area contributed by atoms with Gasteiger partial charge in [0.05, 0.1) is 5.56 Å². The first kappa shape index (κ1) is 54.9. The van der Waals surface area contributed by atoms with E-state index < -0.39 is 170 Å². The monoisotopic (exact) mass is 1030 g/mol. The van der Waals surface area contributed by atoms with E-state index in [9.17, 15) is 142 Å². The van der Waals surface area contributed by atoms with Crippen molar-refractivity contribution in [1.29, 1.82) is 0 Å². The van der Waals surface area contributed by atoms with E-state index in [0.717, 1.165) is 0 Å². The van der Waals surface area contributed by atoms with E-state index in [4.69, 9.17) is 0 Å². The third kappa shape index (κ3) is 6.39. The van der Waals surface area contributed by atoms with Crippen molar-refractivity contribution in [2.75, 3.05) is 0 Å². The third-order valence-electron chi connectivity index (χ3n) is 9.09. The van der Waals surface area contributed by atoms with Crippen LogP contribution in [0.2, 0.25) is 0 Å². The van der Waals surface area contributed by atoms with Gasteiger partial charge in [0.1, 0.15) is 5.75 Å². The van der Waals surface area contributed by atoms with E-state index in [2.05, 4.69) is 0 Å². The van der Waals surface area contributed by atoms with Gasteiger partial charge in [0, 0.05) is 16.5 Å². The first-order valence-corrected chi connectivity index (χ1v) is 15.0. The van der Waals surface area contributed by atoms with E-state index >= 15 is 17.6 Å². The van der Waals surface area contributed by atoms with Crippen LogP contribution in [0, 0.1) is 0 Å². The van der Waals surface area contributed by atoms with Gasteiger partial charge in [-0.05, 0) is 23.1 Å². The quantitative estimate of drug-likeness (QED) is 0.192. The highest BCUT2D eigenvalue weighted by molar-refractivity contribution is 6.24. The van der Waals surface area contributed by atoms with Crippen molar-refractivity contribution >= 4 is 22.1 Å². The van der Waals surface area contributed by atoms with Crippen LogP contribution in [0.4, 0.5) is 149 Å². The molecule has 0 spiro atoms. The number of phenolic OH excluding ortho intramolecular Hbond substituents is 1. The van der Waals surface area contributed by atoms with Crippen molar-refractivity contribution in [1.82, 2.24) is 0 Å². The standard InChI is InChI=1S/C29H6F34O2/c30-14(31,16(34,35)18(38,39)20(42,43)22(46,47)24(50,51)26(54,55)28(58,59)60)8-3-1-7-9(5-11(65)13-10(64)4-2-6(8)12(7)13)15(32,33)17(36,37)19(40,41)21(44,45)23(48,49)25(52,53)27(56,57)29(61,62)63/h1-5,64H. The van der Waals surface area contributed by atoms with Gasteiger partial charge in [-0.15, -0.1) is 0 Å². The molecule has 0 radical (unpaired) electrons. The first-order valence-electron chi connectivity index (χ1n) is 15.0. The molecule has 65 heavy (non-hydrogen) atoms. The van der Waals surface area contributed by atoms with Gasteiger partial charge in [-0.3, -0.25) is 4.79 Å². The molecule has 372 valence electrons. The van der Waals surface area contributed by atoms with Crippen LogP contribution in [-0.2, 0) is 5.92 Å². The van der Waals surface area contributed by atoms with Crippen molar-refractivity contribution in [2.45, 2.75) is 95.3 Å². The van der Waals surface area contributed by atoms with E-state index in [0.29, 0.717) is 0 Å². The number of carbonyl (C=O) groups is 1. The summed E-state index contributed by atoms with van der Waals surface area (Å²) < 4.78 is 473. The Kier molecular flexibility index (Phi) is 11.8. The molecule has 0 aliphatic heterocycles. The largest absolute Gasteiger partial charge is 0.507 e. The third-order valence-corrected chi connectivity index (χ3v) is 9.09. The van der Waals surface area contributed by atoms with Gasteiger partial charge in [0.25, 0.3) is 0 Å². The van der Waals surface area contributed by atoms with Gasteiger partial charge in [0.2, 0.25) is 0 Å². The van der Waals surface area contributed by atoms with Gasteiger partial charge in [-0.1, -0.05) is 18.2 Å². The lowest BCUT2D eigenvalue weighted by Gasteiger charge is -2.43. The van der Waals surface area contributed by atoms with Gasteiger partial charge in [-0.25, -0.2) is 0 Å². The SMILES string of the molecule is O=C1C=C(C(F)(F)C(F)(F)C(F)(F)C(F)(F)C(F)(F)C(F)(F)C(F)(F)C(F)(F)F)c2ccc(C(F)(F)C(F)(F)C(F)(F)C(F)(F)C(F)(F)C(F)(F)C(F)(F)C(F)(F)F)c3ccc(O)c1c23. The minimum absolute atomic E-state index is 0.406. The molecule has 0 aromatic heterocycles. The Morgan fingerprint density at radius 3 is 0.954 bits per heavy atom. The molecule has 0 saturated carbocycles. The van der Waals surface area contributed by atoms with Crippen molar-refractivity contribution in [3.8, 4) is 5.75 Å². The lowest BCUT2D eigenvalue weighted by Crippen LogP contribution is -2.74. The number of rotatable bonds is 14. The smallest absolute Gasteiger partial charge is 0.460 e. The molecule has 1 N–H and O–H groups in total. The fraction of sp³-hybridized carbons (Fsp3) is 0.552. The molecule has 0 bridgehead atoms. The molecule has 2 nitrogen and oxygen atoms in total. The number of carbonyl (C=O) groups excluding carboxylic acids is 1. The van der Waals surface area contributed by atoms with Crippen LogP contribution in [0.1, 0.15) is 21.5 Å². The van der Waals surface area contributed by atoms with Crippen LogP contribution in [-0.4, -0.2) is 100 Å². The summed E-state index contributed by atoms with van der Waals surface area (Å²) in [7, 11) is 0. The molecule has 36 heteroatoms. The fourth-order valence-electron chi connectivity index (χ4n) is 5.39. The topological polar surface area (TPSA) is 37.3 Å². The Morgan fingerprint density at radius 1 is 0.338 bits per heavy atom. The minimum atomic E-state index is -9.30. The number of halogens is 34. The van der Waals surface area contributed by atoms with Gasteiger partial charge in [-0.2, -0.15) is 149 Å². The number of hydrogen-bond acceptors (Lipinski definition) is 2. The van der Waals surface area contributed by atoms with Crippen molar-refractivity contribution < 1.29 is 159 Å². The summed E-state index contributed by atoms with van der Waals surface area (Å²) in [5.74, 6) is -129. The van der Waals surface area contributed by atoms with Crippen LogP contribution in [0.3, 0.4) is 0 Å². The summed E-state index contributed by atoms with van der Waals surface area (Å²) in [6, 6.07) is -3.61. The molecule has 2 aromatic rings. The highest BCUT2D eigenvalue weighted by Gasteiger charge is 2.97. The number of ketones is 1. The van der Waals surface area contributed by atoms with Crippen molar-refractivity contribution in [3.63, 3.8) is 0 Å². The predicted molar refractivity (Wildman–Crippen MR) is 138 cm³/mol. The molecule has 0 saturated heterocycles. The van der Waals surface area contributed by atoms with Crippen LogP contribution >= 0.6 is 0 Å². The van der Waals surface area contributed by atoms with E-state index in [1.165, 1.54) is 0 Å². The lowest BCUT2D eigenvalue weighted by atomic mass is 9.78. The highest BCUT2D eigenvalue weighted by atomic mass is 19.4. The zero-order valence-corrected chi connectivity index (χ0v) is 28.6. The predicted octanol–water partition coefficient (Wildman–Crippen LogP) is 13.6. The Bertz CT molecular complexity index is 2250. The summed E-state index contributed by atoms with van der Waals surface area (Å²) in [6.07, 6.45) is -17.8. The van der Waals surface area contributed by atoms with Crippen molar-refractivity contribution in [3.05, 3.63) is 47.0 Å². The average molecular weight is 1030 g/mol. The van der Waals surface area contributed by atoms with Gasteiger partial charge in [0.15, 0.2) is 5.78 Å². The summed E-state index contributed by atoms with van der Waals surface area (Å²) in [5, 5.41) is 4.69. The maximum absolute atomic E-state index is 15.4. The normalized spacial score (nSPS) is 17.0. The zero-order chi connectivity index (χ0) is 52.2. The maximum atomic E-state index is 15.4. The van der Waals surface area contributed by atoms with Gasteiger partial charge < -0.3 is 5.11 Å². The average Bonchev–Trinajstić information content (AvgIpc) is 3.11. The molecule has 1 aliphatic rings. The Labute approximate surface area is 330 Å². The van der Waals surface area contributed by atoms with Crippen LogP contribution in [0.25, 0.3) is 16.3 Å². The van der Waals surface area contributed by atoms with Gasteiger partial charge >= 0.3 is 95.3 Å². The Hall–Kier alpha value is -4.47. The molecule has 0 atom stereocenters. The molecule has 2 aromatic carbocycles. The van der Waals surface area contributed by atoms with E-state index in [1.54, 1.807) is 0 Å². The maximum Gasteiger partial charge on any atom is 0.460 e. The summed E-state index contributed by atoms with van der Waals surface area (Å²) in [4.78, 5) is 12.6. The number of phenols is 1. The number of allylic oxidation sites excluding steroid dienone is 2. The Balaban J connectivity index is 2.38. The number of benzene rings is 2. The zero-order valence-electron chi connectivity index (χ0n) is 28.6. The number of hydrogen-bond donors (Lipinski definition) is 1. The fourth-order valence-corrected chi connectivity index (χ4v) is 5.39. The molecule has 3 rings (SSSR count). The second kappa shape index (κ2) is 14.0. The highest BCUT2D eigenvalue weighted by Crippen LogP contribution is 2.68. The van der Waals surface area contributed by atoms with E-state index in [1.807, 2.05) is 0 Å². The van der Waals surface area contributed by atoms with Crippen molar-refractivity contribution in [2.24, 2.45) is 0 Å². The minimum Gasteiger partial charge on any atom is -0.507 e. The lowest BCUT2D eigenvalue weighted by molar-refractivity contribution is -0.462. The molecule has 0 unspecified atom stereocenters. The number of alkyl halides is 34. The second-order valence-electron chi connectivity index (χ2n) is 13.0. The van der Waals surface area contributed by atoms with E-state index in [-0.39, 0.29) is 0 Å². The molecular weight excluding hydrogens is 1030 g/mol.